The molecule has 1 amide bonds. The predicted molar refractivity (Wildman–Crippen MR) is 85.0 cm³/mol. The fraction of sp³-hybridized carbons (Fsp3) is 0.125. The molecule has 2 aromatic carbocycles. The first kappa shape index (κ1) is 19.7. The molecule has 0 saturated heterocycles. The Hall–Kier alpha value is -3.63. The fourth-order valence-electron chi connectivity index (χ4n) is 1.97. The summed E-state index contributed by atoms with van der Waals surface area (Å²) < 4.78 is 46.8. The maximum Gasteiger partial charge on any atom is 0.387 e. The van der Waals surface area contributed by atoms with Gasteiger partial charge in [0.15, 0.2) is 6.61 Å². The molecule has 0 spiro atoms. The van der Waals surface area contributed by atoms with Gasteiger partial charge in [-0.1, -0.05) is 12.1 Å². The normalized spacial score (nSPS) is 10.4. The third-order valence-corrected chi connectivity index (χ3v) is 3.08. The minimum atomic E-state index is -3.16. The van der Waals surface area contributed by atoms with Crippen LogP contribution in [0, 0.1) is 15.9 Å². The van der Waals surface area contributed by atoms with Crippen molar-refractivity contribution in [2.24, 2.45) is 0 Å². The number of halogens is 3. The minimum Gasteiger partial charge on any atom is -0.452 e. The molecular weight excluding hydrogens is 373 g/mol. The zero-order valence-electron chi connectivity index (χ0n) is 13.4. The van der Waals surface area contributed by atoms with E-state index in [9.17, 15) is 32.9 Å². The third-order valence-electron chi connectivity index (χ3n) is 3.08. The van der Waals surface area contributed by atoms with E-state index in [4.69, 9.17) is 4.74 Å². The number of ether oxygens (including phenoxy) is 2. The number of alkyl halides is 2. The highest BCUT2D eigenvalue weighted by molar-refractivity contribution is 5.96. The second kappa shape index (κ2) is 8.65. The Morgan fingerprint density at radius 1 is 1.19 bits per heavy atom. The number of hydrogen-bond donors (Lipinski definition) is 1. The average Bonchev–Trinajstić information content (AvgIpc) is 2.61. The van der Waals surface area contributed by atoms with Crippen molar-refractivity contribution >= 4 is 23.3 Å². The lowest BCUT2D eigenvalue weighted by Gasteiger charge is -2.10. The number of nitro groups is 1. The topological polar surface area (TPSA) is 108 Å². The van der Waals surface area contributed by atoms with Crippen molar-refractivity contribution in [2.75, 3.05) is 11.9 Å². The number of esters is 1. The van der Waals surface area contributed by atoms with Gasteiger partial charge in [-0.15, -0.1) is 0 Å². The van der Waals surface area contributed by atoms with Crippen LogP contribution in [0.5, 0.6) is 5.75 Å². The summed E-state index contributed by atoms with van der Waals surface area (Å²) in [5.74, 6) is -3.48. The summed E-state index contributed by atoms with van der Waals surface area (Å²) in [6.07, 6.45) is 0. The zero-order chi connectivity index (χ0) is 20.0. The van der Waals surface area contributed by atoms with Gasteiger partial charge in [0.1, 0.15) is 11.3 Å². The Bertz CT molecular complexity index is 875. The van der Waals surface area contributed by atoms with Gasteiger partial charge in [0, 0.05) is 11.8 Å². The van der Waals surface area contributed by atoms with Gasteiger partial charge in [-0.2, -0.15) is 13.2 Å². The van der Waals surface area contributed by atoms with Crippen LogP contribution in [0.4, 0.5) is 24.5 Å². The number of nitro benzene ring substituents is 1. The standard InChI is InChI=1S/C16H11F3N2O6/c17-11-6-5-9(7-12(11)21(24)25)20-14(22)8-26-15(23)10-3-1-2-4-13(10)27-16(18)19/h1-7,16H,8H2,(H,20,22). The highest BCUT2D eigenvalue weighted by Crippen LogP contribution is 2.22. The predicted octanol–water partition coefficient (Wildman–Crippen LogP) is 3.13. The summed E-state index contributed by atoms with van der Waals surface area (Å²) in [6, 6.07) is 7.70. The summed E-state index contributed by atoms with van der Waals surface area (Å²) in [5.41, 5.74) is -1.25. The lowest BCUT2D eigenvalue weighted by Crippen LogP contribution is -2.21. The SMILES string of the molecule is O=C(COC(=O)c1ccccc1OC(F)F)Nc1ccc(F)c([N+](=O)[O-])c1. The number of carbonyl (C=O) groups is 2. The maximum atomic E-state index is 13.2. The van der Waals surface area contributed by atoms with Crippen molar-refractivity contribution in [1.29, 1.82) is 0 Å². The van der Waals surface area contributed by atoms with Crippen LogP contribution in [-0.4, -0.2) is 30.0 Å². The van der Waals surface area contributed by atoms with Crippen molar-refractivity contribution in [2.45, 2.75) is 6.61 Å². The van der Waals surface area contributed by atoms with Gasteiger partial charge in [0.2, 0.25) is 5.82 Å². The summed E-state index contributed by atoms with van der Waals surface area (Å²) >= 11 is 0. The van der Waals surface area contributed by atoms with E-state index < -0.39 is 47.3 Å². The quantitative estimate of drug-likeness (QED) is 0.446. The number of carbonyl (C=O) groups excluding carboxylic acids is 2. The van der Waals surface area contributed by atoms with Gasteiger partial charge < -0.3 is 14.8 Å². The smallest absolute Gasteiger partial charge is 0.387 e. The number of anilines is 1. The van der Waals surface area contributed by atoms with Gasteiger partial charge in [0.05, 0.1) is 4.92 Å². The molecule has 11 heteroatoms. The molecule has 0 bridgehead atoms. The summed E-state index contributed by atoms with van der Waals surface area (Å²) in [5, 5.41) is 12.8. The lowest BCUT2D eigenvalue weighted by atomic mass is 10.2. The number of nitrogens with one attached hydrogen (secondary N) is 1. The number of hydrogen-bond acceptors (Lipinski definition) is 6. The Labute approximate surface area is 149 Å². The third kappa shape index (κ3) is 5.42. The van der Waals surface area contributed by atoms with Crippen LogP contribution in [0.2, 0.25) is 0 Å². The van der Waals surface area contributed by atoms with E-state index >= 15 is 0 Å². The monoisotopic (exact) mass is 384 g/mol. The van der Waals surface area contributed by atoms with E-state index in [0.29, 0.717) is 0 Å². The number of para-hydroxylation sites is 1. The van der Waals surface area contributed by atoms with Crippen molar-refractivity contribution in [3.05, 3.63) is 64.0 Å². The van der Waals surface area contributed by atoms with Crippen LogP contribution >= 0.6 is 0 Å². The highest BCUT2D eigenvalue weighted by atomic mass is 19.3. The van der Waals surface area contributed by atoms with Crippen molar-refractivity contribution < 1.29 is 37.2 Å². The average molecular weight is 384 g/mol. The second-order valence-corrected chi connectivity index (χ2v) is 4.92. The molecular formula is C16H11F3N2O6. The Morgan fingerprint density at radius 3 is 2.56 bits per heavy atom. The summed E-state index contributed by atoms with van der Waals surface area (Å²) in [6.45, 7) is -3.97. The van der Waals surface area contributed by atoms with E-state index in [-0.39, 0.29) is 11.3 Å². The summed E-state index contributed by atoms with van der Waals surface area (Å²) in [7, 11) is 0. The molecule has 0 unspecified atom stereocenters. The Morgan fingerprint density at radius 2 is 1.89 bits per heavy atom. The molecule has 1 N–H and O–H groups in total. The molecule has 2 aromatic rings. The first-order valence-electron chi connectivity index (χ1n) is 7.22. The molecule has 0 aliphatic carbocycles. The van der Waals surface area contributed by atoms with Crippen LogP contribution < -0.4 is 10.1 Å². The van der Waals surface area contributed by atoms with Crippen molar-refractivity contribution in [1.82, 2.24) is 0 Å². The molecule has 0 heterocycles. The zero-order valence-corrected chi connectivity index (χ0v) is 13.4. The first-order valence-corrected chi connectivity index (χ1v) is 7.22. The fourth-order valence-corrected chi connectivity index (χ4v) is 1.97. The molecule has 0 atom stereocenters. The lowest BCUT2D eigenvalue weighted by molar-refractivity contribution is -0.387. The van der Waals surface area contributed by atoms with Gasteiger partial charge in [-0.3, -0.25) is 14.9 Å². The molecule has 0 aliphatic rings. The molecule has 0 fully saturated rings. The van der Waals surface area contributed by atoms with Crippen LogP contribution in [0.15, 0.2) is 42.5 Å². The van der Waals surface area contributed by atoms with E-state index in [1.165, 1.54) is 18.2 Å². The molecule has 142 valence electrons. The van der Waals surface area contributed by atoms with Gasteiger partial charge >= 0.3 is 18.3 Å². The van der Waals surface area contributed by atoms with Gasteiger partial charge in [-0.25, -0.2) is 4.79 Å². The number of rotatable bonds is 7. The molecule has 27 heavy (non-hydrogen) atoms. The van der Waals surface area contributed by atoms with Gasteiger partial charge in [0.25, 0.3) is 5.91 Å². The number of amides is 1. The molecule has 0 aliphatic heterocycles. The molecule has 2 rings (SSSR count). The van der Waals surface area contributed by atoms with E-state index in [1.54, 1.807) is 0 Å². The van der Waals surface area contributed by atoms with Gasteiger partial charge in [-0.05, 0) is 24.3 Å². The Kier molecular flexibility index (Phi) is 6.31. The Balaban J connectivity index is 1.99. The molecule has 0 saturated carbocycles. The van der Waals surface area contributed by atoms with E-state index in [1.807, 2.05) is 0 Å². The highest BCUT2D eigenvalue weighted by Gasteiger charge is 2.19. The second-order valence-electron chi connectivity index (χ2n) is 4.92. The van der Waals surface area contributed by atoms with Crippen LogP contribution in [0.1, 0.15) is 10.4 Å². The molecule has 0 radical (unpaired) electrons. The largest absolute Gasteiger partial charge is 0.452 e. The molecule has 0 aromatic heterocycles. The van der Waals surface area contributed by atoms with Crippen LogP contribution in [0.3, 0.4) is 0 Å². The maximum absolute atomic E-state index is 13.2. The van der Waals surface area contributed by atoms with Crippen molar-refractivity contribution in [3.8, 4) is 5.75 Å². The number of nitrogens with zero attached hydrogens (tertiary/aromatic N) is 1. The summed E-state index contributed by atoms with van der Waals surface area (Å²) in [4.78, 5) is 33.4. The van der Waals surface area contributed by atoms with Crippen LogP contribution in [-0.2, 0) is 9.53 Å². The van der Waals surface area contributed by atoms with Crippen LogP contribution in [0.25, 0.3) is 0 Å². The molecule has 8 nitrogen and oxygen atoms in total. The first-order chi connectivity index (χ1) is 12.8. The number of benzene rings is 2. The minimum absolute atomic E-state index is 0.0921. The van der Waals surface area contributed by atoms with E-state index in [2.05, 4.69) is 10.1 Å². The van der Waals surface area contributed by atoms with Crippen molar-refractivity contribution in [3.63, 3.8) is 0 Å². The van der Waals surface area contributed by atoms with E-state index in [0.717, 1.165) is 24.3 Å².